The molecule has 0 saturated carbocycles. The highest BCUT2D eigenvalue weighted by molar-refractivity contribution is 6.00. The topological polar surface area (TPSA) is 35.5 Å². The van der Waals surface area contributed by atoms with Gasteiger partial charge in [0.15, 0.2) is 6.29 Å². The van der Waals surface area contributed by atoms with Crippen LogP contribution in [-0.2, 0) is 0 Å². The van der Waals surface area contributed by atoms with E-state index in [0.717, 1.165) is 28.4 Å². The van der Waals surface area contributed by atoms with Crippen molar-refractivity contribution >= 4 is 17.1 Å². The van der Waals surface area contributed by atoms with Gasteiger partial charge >= 0.3 is 0 Å². The molecule has 0 aliphatic heterocycles. The third-order valence-electron chi connectivity index (χ3n) is 4.62. The monoisotopic (exact) mass is 368 g/mol. The molecule has 0 radical (unpaired) electrons. The summed E-state index contributed by atoms with van der Waals surface area (Å²) >= 11 is 0. The van der Waals surface area contributed by atoms with E-state index in [4.69, 9.17) is 9.47 Å². The first-order chi connectivity index (χ1) is 13.8. The SMILES string of the molecule is O=Cc1c(OCCOc2ccc(-c3ccccc3)cc2)ccc2ccccc12. The maximum absolute atomic E-state index is 11.5. The molecule has 4 aromatic rings. The Morgan fingerprint density at radius 3 is 2.11 bits per heavy atom. The van der Waals surface area contributed by atoms with Gasteiger partial charge < -0.3 is 9.47 Å². The van der Waals surface area contributed by atoms with Crippen LogP contribution < -0.4 is 9.47 Å². The van der Waals surface area contributed by atoms with Crippen LogP contribution in [0, 0.1) is 0 Å². The van der Waals surface area contributed by atoms with E-state index in [0.29, 0.717) is 24.5 Å². The number of ether oxygens (including phenoxy) is 2. The molecule has 3 heteroatoms. The van der Waals surface area contributed by atoms with Gasteiger partial charge in [-0.15, -0.1) is 0 Å². The Kier molecular flexibility index (Phi) is 5.34. The molecule has 0 saturated heterocycles. The Bertz CT molecular complexity index is 1070. The molecule has 0 spiro atoms. The number of fused-ring (bicyclic) bond motifs is 1. The van der Waals surface area contributed by atoms with Crippen molar-refractivity contribution in [2.45, 2.75) is 0 Å². The lowest BCUT2D eigenvalue weighted by molar-refractivity contribution is 0.112. The van der Waals surface area contributed by atoms with Crippen LogP contribution in [0.3, 0.4) is 0 Å². The van der Waals surface area contributed by atoms with Gasteiger partial charge in [-0.25, -0.2) is 0 Å². The molecule has 0 amide bonds. The first kappa shape index (κ1) is 17.8. The van der Waals surface area contributed by atoms with E-state index in [-0.39, 0.29) is 0 Å². The fourth-order valence-corrected chi connectivity index (χ4v) is 3.21. The summed E-state index contributed by atoms with van der Waals surface area (Å²) in [5.74, 6) is 1.37. The van der Waals surface area contributed by atoms with Crippen molar-refractivity contribution < 1.29 is 14.3 Å². The zero-order valence-electron chi connectivity index (χ0n) is 15.4. The average Bonchev–Trinajstić information content (AvgIpc) is 2.77. The summed E-state index contributed by atoms with van der Waals surface area (Å²) in [6.07, 6.45) is 0.848. The molecule has 0 aliphatic carbocycles. The van der Waals surface area contributed by atoms with Crippen molar-refractivity contribution in [3.63, 3.8) is 0 Å². The molecule has 0 N–H and O–H groups in total. The third-order valence-corrected chi connectivity index (χ3v) is 4.62. The molecule has 0 fully saturated rings. The fraction of sp³-hybridized carbons (Fsp3) is 0.0800. The first-order valence-electron chi connectivity index (χ1n) is 9.23. The first-order valence-corrected chi connectivity index (χ1v) is 9.23. The van der Waals surface area contributed by atoms with Crippen LogP contribution in [-0.4, -0.2) is 19.5 Å². The van der Waals surface area contributed by atoms with E-state index in [1.165, 1.54) is 5.56 Å². The minimum absolute atomic E-state index is 0.361. The van der Waals surface area contributed by atoms with Gasteiger partial charge in [0.1, 0.15) is 24.7 Å². The van der Waals surface area contributed by atoms with Crippen molar-refractivity contribution in [1.29, 1.82) is 0 Å². The van der Waals surface area contributed by atoms with E-state index in [1.54, 1.807) is 0 Å². The Hall–Kier alpha value is -3.59. The molecule has 0 bridgehead atoms. The van der Waals surface area contributed by atoms with Gasteiger partial charge in [0.05, 0.1) is 5.56 Å². The minimum Gasteiger partial charge on any atom is -0.490 e. The predicted octanol–water partition coefficient (Wildman–Crippen LogP) is 5.78. The van der Waals surface area contributed by atoms with Gasteiger partial charge in [0.25, 0.3) is 0 Å². The van der Waals surface area contributed by atoms with Crippen LogP contribution in [0.5, 0.6) is 11.5 Å². The molecule has 28 heavy (non-hydrogen) atoms. The van der Waals surface area contributed by atoms with Crippen LogP contribution in [0.4, 0.5) is 0 Å². The van der Waals surface area contributed by atoms with E-state index in [1.807, 2.05) is 78.9 Å². The number of hydrogen-bond donors (Lipinski definition) is 0. The van der Waals surface area contributed by atoms with Crippen molar-refractivity contribution in [2.75, 3.05) is 13.2 Å². The second-order valence-electron chi connectivity index (χ2n) is 6.40. The van der Waals surface area contributed by atoms with Crippen LogP contribution in [0.1, 0.15) is 10.4 Å². The molecule has 0 heterocycles. The number of rotatable bonds is 7. The molecule has 4 rings (SSSR count). The fourth-order valence-electron chi connectivity index (χ4n) is 3.21. The van der Waals surface area contributed by atoms with Gasteiger partial charge in [-0.1, -0.05) is 72.8 Å². The third kappa shape index (κ3) is 3.89. The minimum atomic E-state index is 0.361. The van der Waals surface area contributed by atoms with Crippen molar-refractivity contribution in [3.05, 3.63) is 96.6 Å². The summed E-state index contributed by atoms with van der Waals surface area (Å²) in [7, 11) is 0. The number of carbonyl (C=O) groups excluding carboxylic acids is 1. The van der Waals surface area contributed by atoms with E-state index in [2.05, 4.69) is 12.1 Å². The zero-order chi connectivity index (χ0) is 19.2. The second kappa shape index (κ2) is 8.40. The quantitative estimate of drug-likeness (QED) is 0.306. The van der Waals surface area contributed by atoms with E-state index >= 15 is 0 Å². The lowest BCUT2D eigenvalue weighted by Gasteiger charge is -2.12. The second-order valence-corrected chi connectivity index (χ2v) is 6.40. The summed E-state index contributed by atoms with van der Waals surface area (Å²) in [5.41, 5.74) is 2.90. The largest absolute Gasteiger partial charge is 0.490 e. The number of carbonyl (C=O) groups is 1. The van der Waals surface area contributed by atoms with Crippen LogP contribution in [0.15, 0.2) is 91.0 Å². The Morgan fingerprint density at radius 2 is 1.32 bits per heavy atom. The molecular formula is C25H20O3. The number of aldehydes is 1. The molecule has 0 aliphatic rings. The number of benzene rings is 4. The summed E-state index contributed by atoms with van der Waals surface area (Å²) in [4.78, 5) is 11.5. The Labute approximate surface area is 164 Å². The van der Waals surface area contributed by atoms with Gasteiger partial charge in [-0.3, -0.25) is 4.79 Å². The smallest absolute Gasteiger partial charge is 0.154 e. The average molecular weight is 368 g/mol. The predicted molar refractivity (Wildman–Crippen MR) is 112 cm³/mol. The van der Waals surface area contributed by atoms with E-state index in [9.17, 15) is 4.79 Å². The summed E-state index contributed by atoms with van der Waals surface area (Å²) in [6, 6.07) is 29.8. The molecule has 138 valence electrons. The van der Waals surface area contributed by atoms with Crippen LogP contribution >= 0.6 is 0 Å². The highest BCUT2D eigenvalue weighted by Crippen LogP contribution is 2.27. The van der Waals surface area contributed by atoms with Crippen LogP contribution in [0.2, 0.25) is 0 Å². The normalized spacial score (nSPS) is 10.6. The molecule has 3 nitrogen and oxygen atoms in total. The lowest BCUT2D eigenvalue weighted by atomic mass is 10.0. The molecule has 0 aromatic heterocycles. The molecule has 0 unspecified atom stereocenters. The lowest BCUT2D eigenvalue weighted by Crippen LogP contribution is -2.10. The van der Waals surface area contributed by atoms with Gasteiger partial charge in [0.2, 0.25) is 0 Å². The van der Waals surface area contributed by atoms with E-state index < -0.39 is 0 Å². The maximum Gasteiger partial charge on any atom is 0.154 e. The highest BCUT2D eigenvalue weighted by atomic mass is 16.5. The summed E-state index contributed by atoms with van der Waals surface area (Å²) in [5, 5.41) is 1.92. The van der Waals surface area contributed by atoms with Crippen molar-refractivity contribution in [1.82, 2.24) is 0 Å². The summed E-state index contributed by atoms with van der Waals surface area (Å²) in [6.45, 7) is 0.759. The molecule has 0 atom stereocenters. The van der Waals surface area contributed by atoms with Gasteiger partial charge in [-0.05, 0) is 40.1 Å². The highest BCUT2D eigenvalue weighted by Gasteiger charge is 2.08. The Morgan fingerprint density at radius 1 is 0.643 bits per heavy atom. The molecular weight excluding hydrogens is 348 g/mol. The zero-order valence-corrected chi connectivity index (χ0v) is 15.4. The Balaban J connectivity index is 1.36. The maximum atomic E-state index is 11.5. The van der Waals surface area contributed by atoms with Gasteiger partial charge in [-0.2, -0.15) is 0 Å². The van der Waals surface area contributed by atoms with Crippen molar-refractivity contribution in [3.8, 4) is 22.6 Å². The van der Waals surface area contributed by atoms with Crippen LogP contribution in [0.25, 0.3) is 21.9 Å². The van der Waals surface area contributed by atoms with Crippen molar-refractivity contribution in [2.24, 2.45) is 0 Å². The number of hydrogen-bond acceptors (Lipinski definition) is 3. The van der Waals surface area contributed by atoms with Gasteiger partial charge in [0, 0.05) is 0 Å². The standard InChI is InChI=1S/C25H20O3/c26-18-24-23-9-5-4-8-21(23)12-15-25(24)28-17-16-27-22-13-10-20(11-14-22)19-6-2-1-3-7-19/h1-15,18H,16-17H2. The summed E-state index contributed by atoms with van der Waals surface area (Å²) < 4.78 is 11.6. The molecule has 4 aromatic carbocycles.